The van der Waals surface area contributed by atoms with E-state index in [2.05, 4.69) is 0 Å². The standard InChI is InChI=1S/C9H16ClNO2/c1-7(10)9(12)11-4-3-8(5-11)6-13-2/h7-8H,3-6H2,1-2H3. The molecule has 0 spiro atoms. The van der Waals surface area contributed by atoms with Gasteiger partial charge < -0.3 is 9.64 Å². The first-order chi connectivity index (χ1) is 6.15. The summed E-state index contributed by atoms with van der Waals surface area (Å²) in [4.78, 5) is 13.3. The van der Waals surface area contributed by atoms with Crippen LogP contribution in [0.5, 0.6) is 0 Å². The first-order valence-electron chi connectivity index (χ1n) is 4.57. The maximum absolute atomic E-state index is 11.4. The molecule has 1 aliphatic heterocycles. The maximum atomic E-state index is 11.4. The fourth-order valence-electron chi connectivity index (χ4n) is 1.66. The molecule has 4 heteroatoms. The van der Waals surface area contributed by atoms with Crippen molar-refractivity contribution in [1.82, 2.24) is 4.90 Å². The van der Waals surface area contributed by atoms with E-state index in [4.69, 9.17) is 16.3 Å². The van der Waals surface area contributed by atoms with Gasteiger partial charge in [0, 0.05) is 26.1 Å². The van der Waals surface area contributed by atoms with Gasteiger partial charge in [-0.05, 0) is 13.3 Å². The van der Waals surface area contributed by atoms with Gasteiger partial charge in [-0.1, -0.05) is 0 Å². The van der Waals surface area contributed by atoms with Gasteiger partial charge in [0.25, 0.3) is 0 Å². The summed E-state index contributed by atoms with van der Waals surface area (Å²) in [6.45, 7) is 4.07. The van der Waals surface area contributed by atoms with Crippen molar-refractivity contribution in [3.63, 3.8) is 0 Å². The Morgan fingerprint density at radius 3 is 3.00 bits per heavy atom. The van der Waals surface area contributed by atoms with Crippen LogP contribution in [0, 0.1) is 5.92 Å². The van der Waals surface area contributed by atoms with Crippen molar-refractivity contribution in [2.24, 2.45) is 5.92 Å². The van der Waals surface area contributed by atoms with Gasteiger partial charge in [-0.15, -0.1) is 11.6 Å². The van der Waals surface area contributed by atoms with E-state index in [0.717, 1.165) is 26.1 Å². The lowest BCUT2D eigenvalue weighted by molar-refractivity contribution is -0.129. The molecule has 1 rings (SSSR count). The van der Waals surface area contributed by atoms with E-state index in [1.165, 1.54) is 0 Å². The van der Waals surface area contributed by atoms with E-state index in [0.29, 0.717) is 5.92 Å². The summed E-state index contributed by atoms with van der Waals surface area (Å²) in [5, 5.41) is -0.402. The van der Waals surface area contributed by atoms with Gasteiger partial charge in [0.1, 0.15) is 5.38 Å². The third-order valence-electron chi connectivity index (χ3n) is 2.34. The second kappa shape index (κ2) is 4.82. The molecule has 3 nitrogen and oxygen atoms in total. The van der Waals surface area contributed by atoms with E-state index in [1.807, 2.05) is 4.90 Å². The van der Waals surface area contributed by atoms with E-state index < -0.39 is 5.38 Å². The minimum atomic E-state index is -0.402. The Labute approximate surface area is 84.0 Å². The van der Waals surface area contributed by atoms with Crippen LogP contribution in [0.1, 0.15) is 13.3 Å². The number of halogens is 1. The van der Waals surface area contributed by atoms with Crippen LogP contribution >= 0.6 is 11.6 Å². The third-order valence-corrected chi connectivity index (χ3v) is 2.53. The monoisotopic (exact) mass is 205 g/mol. The summed E-state index contributed by atoms with van der Waals surface area (Å²) in [5.41, 5.74) is 0. The van der Waals surface area contributed by atoms with E-state index in [-0.39, 0.29) is 5.91 Å². The average molecular weight is 206 g/mol. The summed E-state index contributed by atoms with van der Waals surface area (Å²) >= 11 is 5.71. The third kappa shape index (κ3) is 2.85. The molecule has 13 heavy (non-hydrogen) atoms. The second-order valence-electron chi connectivity index (χ2n) is 3.51. The Morgan fingerprint density at radius 2 is 2.46 bits per heavy atom. The summed E-state index contributed by atoms with van der Waals surface area (Å²) in [7, 11) is 1.69. The number of carbonyl (C=O) groups excluding carboxylic acids is 1. The summed E-state index contributed by atoms with van der Waals surface area (Å²) in [6.07, 6.45) is 1.03. The SMILES string of the molecule is COCC1CCN(C(=O)C(C)Cl)C1. The molecule has 0 bridgehead atoms. The Bertz CT molecular complexity index is 184. The van der Waals surface area contributed by atoms with Crippen LogP contribution in [0.15, 0.2) is 0 Å². The highest BCUT2D eigenvalue weighted by atomic mass is 35.5. The van der Waals surface area contributed by atoms with Crippen molar-refractivity contribution >= 4 is 17.5 Å². The number of hydrogen-bond acceptors (Lipinski definition) is 2. The lowest BCUT2D eigenvalue weighted by atomic mass is 10.1. The van der Waals surface area contributed by atoms with Crippen LogP contribution in [0.4, 0.5) is 0 Å². The molecular weight excluding hydrogens is 190 g/mol. The molecule has 1 heterocycles. The summed E-state index contributed by atoms with van der Waals surface area (Å²) in [5.74, 6) is 0.532. The van der Waals surface area contributed by atoms with Crippen LogP contribution in [-0.2, 0) is 9.53 Å². The van der Waals surface area contributed by atoms with Gasteiger partial charge in [-0.2, -0.15) is 0 Å². The highest BCUT2D eigenvalue weighted by Crippen LogP contribution is 2.18. The first kappa shape index (κ1) is 10.8. The molecule has 0 radical (unpaired) electrons. The predicted molar refractivity (Wildman–Crippen MR) is 51.9 cm³/mol. The molecule has 0 aromatic carbocycles. The quantitative estimate of drug-likeness (QED) is 0.646. The van der Waals surface area contributed by atoms with Crippen molar-refractivity contribution < 1.29 is 9.53 Å². The van der Waals surface area contributed by atoms with Gasteiger partial charge >= 0.3 is 0 Å². The molecule has 2 atom stereocenters. The van der Waals surface area contributed by atoms with Crippen LogP contribution in [-0.4, -0.2) is 43.0 Å². The minimum absolute atomic E-state index is 0.0419. The number of carbonyl (C=O) groups is 1. The molecular formula is C9H16ClNO2. The second-order valence-corrected chi connectivity index (χ2v) is 4.16. The smallest absolute Gasteiger partial charge is 0.240 e. The lowest BCUT2D eigenvalue weighted by Crippen LogP contribution is -2.34. The number of ether oxygens (including phenoxy) is 1. The number of hydrogen-bond donors (Lipinski definition) is 0. The first-order valence-corrected chi connectivity index (χ1v) is 5.00. The molecule has 0 aliphatic carbocycles. The number of nitrogens with zero attached hydrogens (tertiary/aromatic N) is 1. The fourth-order valence-corrected chi connectivity index (χ4v) is 1.79. The van der Waals surface area contributed by atoms with E-state index in [1.54, 1.807) is 14.0 Å². The molecule has 0 aromatic heterocycles. The van der Waals surface area contributed by atoms with Gasteiger partial charge in [0.2, 0.25) is 5.91 Å². The van der Waals surface area contributed by atoms with Crippen LogP contribution in [0.3, 0.4) is 0 Å². The number of amides is 1. The minimum Gasteiger partial charge on any atom is -0.384 e. The molecule has 1 saturated heterocycles. The fraction of sp³-hybridized carbons (Fsp3) is 0.889. The zero-order chi connectivity index (χ0) is 9.84. The Balaban J connectivity index is 2.36. The van der Waals surface area contributed by atoms with Crippen molar-refractivity contribution in [2.75, 3.05) is 26.8 Å². The van der Waals surface area contributed by atoms with Crippen LogP contribution in [0.25, 0.3) is 0 Å². The van der Waals surface area contributed by atoms with Crippen molar-refractivity contribution in [3.05, 3.63) is 0 Å². The maximum Gasteiger partial charge on any atom is 0.240 e. The van der Waals surface area contributed by atoms with Gasteiger partial charge in [-0.25, -0.2) is 0 Å². The largest absolute Gasteiger partial charge is 0.384 e. The molecule has 0 N–H and O–H groups in total. The van der Waals surface area contributed by atoms with Gasteiger partial charge in [0.05, 0.1) is 6.61 Å². The predicted octanol–water partition coefficient (Wildman–Crippen LogP) is 1.11. The van der Waals surface area contributed by atoms with Crippen molar-refractivity contribution in [3.8, 4) is 0 Å². The van der Waals surface area contributed by atoms with Crippen molar-refractivity contribution in [1.29, 1.82) is 0 Å². The number of alkyl halides is 1. The number of likely N-dealkylation sites (tertiary alicyclic amines) is 1. The highest BCUT2D eigenvalue weighted by Gasteiger charge is 2.27. The molecule has 0 aromatic rings. The molecule has 1 aliphatic rings. The Morgan fingerprint density at radius 1 is 1.77 bits per heavy atom. The summed E-state index contributed by atoms with van der Waals surface area (Å²) < 4.78 is 5.04. The molecule has 2 unspecified atom stereocenters. The highest BCUT2D eigenvalue weighted by molar-refractivity contribution is 6.30. The number of methoxy groups -OCH3 is 1. The topological polar surface area (TPSA) is 29.5 Å². The van der Waals surface area contributed by atoms with Crippen LogP contribution in [0.2, 0.25) is 0 Å². The van der Waals surface area contributed by atoms with E-state index >= 15 is 0 Å². The normalized spacial score (nSPS) is 24.8. The van der Waals surface area contributed by atoms with Crippen molar-refractivity contribution in [2.45, 2.75) is 18.7 Å². The molecule has 0 saturated carbocycles. The number of rotatable bonds is 3. The zero-order valence-corrected chi connectivity index (χ0v) is 8.88. The molecule has 76 valence electrons. The van der Waals surface area contributed by atoms with E-state index in [9.17, 15) is 4.79 Å². The Hall–Kier alpha value is -0.280. The zero-order valence-electron chi connectivity index (χ0n) is 8.12. The van der Waals surface area contributed by atoms with Gasteiger partial charge in [-0.3, -0.25) is 4.79 Å². The summed E-state index contributed by atoms with van der Waals surface area (Å²) in [6, 6.07) is 0. The molecule has 1 amide bonds. The lowest BCUT2D eigenvalue weighted by Gasteiger charge is -2.17. The Kier molecular flexibility index (Phi) is 4.00. The average Bonchev–Trinajstić information content (AvgIpc) is 2.52. The van der Waals surface area contributed by atoms with Gasteiger partial charge in [0.15, 0.2) is 0 Å². The van der Waals surface area contributed by atoms with Crippen LogP contribution < -0.4 is 0 Å². The molecule has 1 fully saturated rings.